The Morgan fingerprint density at radius 1 is 1.33 bits per heavy atom. The number of nitrogens with zero attached hydrogens (tertiary/aromatic N) is 1. The van der Waals surface area contributed by atoms with Crippen molar-refractivity contribution in [3.05, 3.63) is 57.8 Å². The lowest BCUT2D eigenvalue weighted by atomic mass is 10.0. The van der Waals surface area contributed by atoms with Crippen LogP contribution in [-0.4, -0.2) is 17.2 Å². The van der Waals surface area contributed by atoms with Gasteiger partial charge in [0.1, 0.15) is 11.9 Å². The minimum Gasteiger partial charge on any atom is -0.497 e. The Labute approximate surface area is 115 Å². The Hall–Kier alpha value is -1.39. The quantitative estimate of drug-likeness (QED) is 0.946. The molecule has 18 heavy (non-hydrogen) atoms. The molecule has 1 aromatic heterocycles. The molecule has 1 N–H and O–H groups in total. The van der Waals surface area contributed by atoms with Gasteiger partial charge in [0.2, 0.25) is 0 Å². The van der Waals surface area contributed by atoms with Gasteiger partial charge >= 0.3 is 0 Å². The second-order valence-electron chi connectivity index (χ2n) is 4.00. The van der Waals surface area contributed by atoms with E-state index < -0.39 is 6.10 Å². The molecule has 0 radical (unpaired) electrons. The minimum atomic E-state index is -0.744. The molecule has 94 valence electrons. The third kappa shape index (κ3) is 2.54. The molecule has 0 aliphatic carbocycles. The van der Waals surface area contributed by atoms with Crippen LogP contribution in [0.1, 0.15) is 22.9 Å². The molecule has 0 bridgehead atoms. The number of pyridine rings is 1. The number of halogens is 1. The summed E-state index contributed by atoms with van der Waals surface area (Å²) in [7, 11) is 1.63. The van der Waals surface area contributed by atoms with Gasteiger partial charge in [-0.25, -0.2) is 0 Å². The zero-order valence-corrected chi connectivity index (χ0v) is 11.8. The fourth-order valence-corrected chi connectivity index (χ4v) is 2.30. The molecule has 0 aliphatic heterocycles. The predicted molar refractivity (Wildman–Crippen MR) is 73.7 cm³/mol. The van der Waals surface area contributed by atoms with Crippen molar-refractivity contribution in [2.24, 2.45) is 0 Å². The summed E-state index contributed by atoms with van der Waals surface area (Å²) in [6.07, 6.45) is 0.925. The number of methoxy groups -OCH3 is 1. The van der Waals surface area contributed by atoms with E-state index in [-0.39, 0.29) is 0 Å². The molecule has 0 fully saturated rings. The maximum atomic E-state index is 10.4. The van der Waals surface area contributed by atoms with Gasteiger partial charge in [0, 0.05) is 10.7 Å². The van der Waals surface area contributed by atoms with Crippen LogP contribution in [0.3, 0.4) is 0 Å². The number of ether oxygens (including phenoxy) is 1. The first kappa shape index (κ1) is 13.1. The van der Waals surface area contributed by atoms with Crippen molar-refractivity contribution in [2.75, 3.05) is 7.11 Å². The normalized spacial score (nSPS) is 12.2. The fourth-order valence-electron chi connectivity index (χ4n) is 1.83. The van der Waals surface area contributed by atoms with Crippen LogP contribution >= 0.6 is 15.9 Å². The van der Waals surface area contributed by atoms with Crippen LogP contribution in [0.5, 0.6) is 5.75 Å². The zero-order chi connectivity index (χ0) is 13.1. The van der Waals surface area contributed by atoms with Gasteiger partial charge < -0.3 is 9.84 Å². The molecule has 3 nitrogen and oxygen atoms in total. The molecule has 0 saturated heterocycles. The van der Waals surface area contributed by atoms with E-state index in [2.05, 4.69) is 20.9 Å². The van der Waals surface area contributed by atoms with Crippen LogP contribution in [0.25, 0.3) is 0 Å². The van der Waals surface area contributed by atoms with Crippen LogP contribution in [-0.2, 0) is 0 Å². The van der Waals surface area contributed by atoms with Crippen LogP contribution < -0.4 is 4.74 Å². The first-order chi connectivity index (χ1) is 8.63. The predicted octanol–water partition coefficient (Wildman–Crippen LogP) is 3.24. The summed E-state index contributed by atoms with van der Waals surface area (Å²) in [5, 5.41) is 10.4. The highest BCUT2D eigenvalue weighted by Gasteiger charge is 2.17. The highest BCUT2D eigenvalue weighted by molar-refractivity contribution is 9.10. The van der Waals surface area contributed by atoms with E-state index in [0.29, 0.717) is 5.69 Å². The van der Waals surface area contributed by atoms with Gasteiger partial charge in [-0.05, 0) is 58.2 Å². The molecule has 0 spiro atoms. The van der Waals surface area contributed by atoms with Gasteiger partial charge in [0.25, 0.3) is 0 Å². The number of rotatable bonds is 3. The Morgan fingerprint density at radius 3 is 2.72 bits per heavy atom. The Balaban J connectivity index is 2.40. The smallest absolute Gasteiger partial charge is 0.122 e. The monoisotopic (exact) mass is 307 g/mol. The molecular formula is C14H14BrNO2. The van der Waals surface area contributed by atoms with Crippen molar-refractivity contribution in [3.63, 3.8) is 0 Å². The SMILES string of the molecule is COc1ccc(C(O)c2ncccc2Br)c(C)c1. The lowest BCUT2D eigenvalue weighted by molar-refractivity contribution is 0.213. The maximum absolute atomic E-state index is 10.4. The molecule has 0 aliphatic rings. The minimum absolute atomic E-state index is 0.616. The molecule has 0 amide bonds. The Bertz CT molecular complexity index is 557. The Kier molecular flexibility index (Phi) is 3.99. The summed E-state index contributed by atoms with van der Waals surface area (Å²) >= 11 is 3.40. The van der Waals surface area contributed by atoms with E-state index in [1.54, 1.807) is 13.3 Å². The third-order valence-electron chi connectivity index (χ3n) is 2.82. The summed E-state index contributed by atoms with van der Waals surface area (Å²) in [6.45, 7) is 1.94. The fraction of sp³-hybridized carbons (Fsp3) is 0.214. The van der Waals surface area contributed by atoms with E-state index in [1.807, 2.05) is 37.3 Å². The maximum Gasteiger partial charge on any atom is 0.122 e. The van der Waals surface area contributed by atoms with Gasteiger partial charge in [-0.2, -0.15) is 0 Å². The summed E-state index contributed by atoms with van der Waals surface area (Å²) in [5.74, 6) is 0.781. The van der Waals surface area contributed by atoms with Crippen molar-refractivity contribution in [1.82, 2.24) is 4.98 Å². The molecule has 1 aromatic carbocycles. The largest absolute Gasteiger partial charge is 0.497 e. The number of aryl methyl sites for hydroxylation is 1. The van der Waals surface area contributed by atoms with Crippen molar-refractivity contribution >= 4 is 15.9 Å². The molecule has 2 rings (SSSR count). The van der Waals surface area contributed by atoms with Crippen molar-refractivity contribution in [1.29, 1.82) is 0 Å². The van der Waals surface area contributed by atoms with Gasteiger partial charge in [-0.1, -0.05) is 6.07 Å². The van der Waals surface area contributed by atoms with Gasteiger partial charge in [-0.15, -0.1) is 0 Å². The number of aromatic nitrogens is 1. The second-order valence-corrected chi connectivity index (χ2v) is 4.85. The topological polar surface area (TPSA) is 42.4 Å². The highest BCUT2D eigenvalue weighted by Crippen LogP contribution is 2.29. The Morgan fingerprint density at radius 2 is 2.11 bits per heavy atom. The van der Waals surface area contributed by atoms with Crippen LogP contribution in [0.15, 0.2) is 41.0 Å². The summed E-state index contributed by atoms with van der Waals surface area (Å²) < 4.78 is 5.95. The standard InChI is InChI=1S/C14H14BrNO2/c1-9-8-10(18-2)5-6-11(9)14(17)13-12(15)4-3-7-16-13/h3-8,14,17H,1-2H3. The zero-order valence-electron chi connectivity index (χ0n) is 10.2. The molecule has 4 heteroatoms. The molecule has 2 aromatic rings. The van der Waals surface area contributed by atoms with Gasteiger partial charge in [-0.3, -0.25) is 4.98 Å². The van der Waals surface area contributed by atoms with Crippen molar-refractivity contribution in [2.45, 2.75) is 13.0 Å². The number of hydrogen-bond acceptors (Lipinski definition) is 3. The van der Waals surface area contributed by atoms with Crippen LogP contribution in [0.4, 0.5) is 0 Å². The summed E-state index contributed by atoms with van der Waals surface area (Å²) in [5.41, 5.74) is 2.42. The van der Waals surface area contributed by atoms with E-state index in [9.17, 15) is 5.11 Å². The van der Waals surface area contributed by atoms with Crippen LogP contribution in [0.2, 0.25) is 0 Å². The van der Waals surface area contributed by atoms with E-state index in [0.717, 1.165) is 21.3 Å². The van der Waals surface area contributed by atoms with E-state index >= 15 is 0 Å². The molecule has 1 atom stereocenters. The second kappa shape index (κ2) is 5.50. The number of aliphatic hydroxyl groups excluding tert-OH is 1. The number of hydrogen-bond donors (Lipinski definition) is 1. The molecule has 0 saturated carbocycles. The summed E-state index contributed by atoms with van der Waals surface area (Å²) in [6, 6.07) is 9.28. The number of aliphatic hydroxyl groups is 1. The molecular weight excluding hydrogens is 294 g/mol. The lowest BCUT2D eigenvalue weighted by Crippen LogP contribution is -2.05. The first-order valence-electron chi connectivity index (χ1n) is 5.56. The average molecular weight is 308 g/mol. The number of benzene rings is 1. The van der Waals surface area contributed by atoms with E-state index in [4.69, 9.17) is 4.74 Å². The van der Waals surface area contributed by atoms with Gasteiger partial charge in [0.15, 0.2) is 0 Å². The third-order valence-corrected chi connectivity index (χ3v) is 3.49. The van der Waals surface area contributed by atoms with Crippen molar-refractivity contribution < 1.29 is 9.84 Å². The van der Waals surface area contributed by atoms with Crippen molar-refractivity contribution in [3.8, 4) is 5.75 Å². The molecule has 1 unspecified atom stereocenters. The van der Waals surface area contributed by atoms with E-state index in [1.165, 1.54) is 0 Å². The van der Waals surface area contributed by atoms with Gasteiger partial charge in [0.05, 0.1) is 12.8 Å². The summed E-state index contributed by atoms with van der Waals surface area (Å²) in [4.78, 5) is 4.21. The first-order valence-corrected chi connectivity index (χ1v) is 6.36. The molecule has 1 heterocycles. The average Bonchev–Trinajstić information content (AvgIpc) is 2.38. The van der Waals surface area contributed by atoms with Crippen LogP contribution in [0, 0.1) is 6.92 Å². The lowest BCUT2D eigenvalue weighted by Gasteiger charge is -2.15. The highest BCUT2D eigenvalue weighted by atomic mass is 79.9.